The predicted molar refractivity (Wildman–Crippen MR) is 69.8 cm³/mol. The maximum Gasteiger partial charge on any atom is 0.309 e. The van der Waals surface area contributed by atoms with E-state index in [0.717, 1.165) is 4.88 Å². The molecule has 3 aromatic heterocycles. The van der Waals surface area contributed by atoms with E-state index in [1.54, 1.807) is 0 Å². The Morgan fingerprint density at radius 1 is 1.42 bits per heavy atom. The van der Waals surface area contributed by atoms with Crippen molar-refractivity contribution in [1.29, 1.82) is 0 Å². The van der Waals surface area contributed by atoms with E-state index < -0.39 is 11.8 Å². The summed E-state index contributed by atoms with van der Waals surface area (Å²) in [7, 11) is 0. The molecule has 0 amide bonds. The fourth-order valence-electron chi connectivity index (χ4n) is 1.99. The Kier molecular flexibility index (Phi) is 2.79. The van der Waals surface area contributed by atoms with E-state index in [4.69, 9.17) is 5.11 Å². The molecular weight excluding hydrogens is 267 g/mol. The van der Waals surface area contributed by atoms with Crippen LogP contribution in [0.3, 0.4) is 0 Å². The number of aromatic nitrogens is 2. The quantitative estimate of drug-likeness (QED) is 0.800. The third kappa shape index (κ3) is 2.10. The zero-order valence-corrected chi connectivity index (χ0v) is 10.5. The number of hydrogen-bond donors (Lipinski definition) is 1. The number of nitrogens with zero attached hydrogens (tertiary/aromatic N) is 2. The molecule has 3 rings (SSSR count). The number of aliphatic carboxylic acids is 1. The highest BCUT2D eigenvalue weighted by molar-refractivity contribution is 7.13. The molecule has 0 aliphatic carbocycles. The molecule has 0 aromatic carbocycles. The van der Waals surface area contributed by atoms with E-state index in [1.807, 2.05) is 17.5 Å². The summed E-state index contributed by atoms with van der Waals surface area (Å²) in [5.41, 5.74) is 1.63. The molecule has 0 radical (unpaired) electrons. The Bertz CT molecular complexity index is 749. The average Bonchev–Trinajstić information content (AvgIpc) is 2.97. The van der Waals surface area contributed by atoms with Gasteiger partial charge in [0, 0.05) is 6.20 Å². The molecule has 6 heteroatoms. The van der Waals surface area contributed by atoms with Crippen molar-refractivity contribution in [3.8, 4) is 10.6 Å². The zero-order valence-electron chi connectivity index (χ0n) is 9.71. The number of pyridine rings is 1. The summed E-state index contributed by atoms with van der Waals surface area (Å²) in [6, 6.07) is 6.59. The van der Waals surface area contributed by atoms with Gasteiger partial charge in [0.25, 0.3) is 0 Å². The van der Waals surface area contributed by atoms with Gasteiger partial charge in [-0.15, -0.1) is 11.3 Å². The van der Waals surface area contributed by atoms with Crippen molar-refractivity contribution >= 4 is 23.0 Å². The summed E-state index contributed by atoms with van der Waals surface area (Å²) >= 11 is 1.47. The van der Waals surface area contributed by atoms with Crippen molar-refractivity contribution in [2.75, 3.05) is 0 Å². The van der Waals surface area contributed by atoms with Crippen molar-refractivity contribution in [3.63, 3.8) is 0 Å². The van der Waals surface area contributed by atoms with Crippen LogP contribution in [0.5, 0.6) is 0 Å². The molecule has 19 heavy (non-hydrogen) atoms. The second-order valence-electron chi connectivity index (χ2n) is 4.03. The smallest absolute Gasteiger partial charge is 0.309 e. The van der Waals surface area contributed by atoms with Gasteiger partial charge < -0.3 is 5.11 Å². The number of carboxylic acid groups (broad SMARTS) is 1. The van der Waals surface area contributed by atoms with E-state index in [0.29, 0.717) is 17.0 Å². The molecule has 1 N–H and O–H groups in total. The minimum atomic E-state index is -0.969. The van der Waals surface area contributed by atoms with E-state index >= 15 is 0 Å². The van der Waals surface area contributed by atoms with Crippen LogP contribution in [0.1, 0.15) is 5.69 Å². The number of hydrogen-bond acceptors (Lipinski definition) is 3. The van der Waals surface area contributed by atoms with Crippen molar-refractivity contribution < 1.29 is 14.3 Å². The number of rotatable bonds is 3. The van der Waals surface area contributed by atoms with Crippen molar-refractivity contribution in [2.45, 2.75) is 6.42 Å². The number of carboxylic acids is 1. The third-order valence-electron chi connectivity index (χ3n) is 2.75. The maximum atomic E-state index is 13.3. The van der Waals surface area contributed by atoms with Crippen LogP contribution in [0.15, 0.2) is 35.8 Å². The Morgan fingerprint density at radius 3 is 2.95 bits per heavy atom. The molecule has 0 saturated carbocycles. The normalized spacial score (nSPS) is 11.0. The van der Waals surface area contributed by atoms with Crippen LogP contribution >= 0.6 is 11.3 Å². The molecule has 0 fully saturated rings. The van der Waals surface area contributed by atoms with Crippen LogP contribution in [0.4, 0.5) is 4.39 Å². The lowest BCUT2D eigenvalue weighted by molar-refractivity contribution is -0.136. The lowest BCUT2D eigenvalue weighted by Gasteiger charge is -2.01. The monoisotopic (exact) mass is 276 g/mol. The molecule has 0 saturated heterocycles. The first-order chi connectivity index (χ1) is 9.15. The highest BCUT2D eigenvalue weighted by atomic mass is 32.1. The maximum absolute atomic E-state index is 13.3. The van der Waals surface area contributed by atoms with Gasteiger partial charge in [-0.2, -0.15) is 0 Å². The van der Waals surface area contributed by atoms with Gasteiger partial charge >= 0.3 is 5.97 Å². The molecule has 4 nitrogen and oxygen atoms in total. The molecule has 0 aliphatic rings. The van der Waals surface area contributed by atoms with E-state index in [2.05, 4.69) is 4.98 Å². The molecule has 0 unspecified atom stereocenters. The Labute approximate surface area is 111 Å². The van der Waals surface area contributed by atoms with Gasteiger partial charge in [0.1, 0.15) is 17.2 Å². The number of fused-ring (bicyclic) bond motifs is 1. The first-order valence-corrected chi connectivity index (χ1v) is 6.45. The van der Waals surface area contributed by atoms with Gasteiger partial charge in [-0.1, -0.05) is 6.07 Å². The standard InChI is InChI=1S/C13H9FN2O2S/c14-8-3-4-11-15-13(10-2-1-5-19-10)9(6-12(17)18)16(11)7-8/h1-5,7H,6H2,(H,17,18). The fourth-order valence-corrected chi connectivity index (χ4v) is 2.73. The first kappa shape index (κ1) is 11.9. The third-order valence-corrected chi connectivity index (χ3v) is 3.63. The van der Waals surface area contributed by atoms with Gasteiger partial charge in [0.15, 0.2) is 0 Å². The number of halogens is 1. The van der Waals surface area contributed by atoms with Crippen LogP contribution in [-0.4, -0.2) is 20.5 Å². The second kappa shape index (κ2) is 4.47. The van der Waals surface area contributed by atoms with E-state index in [-0.39, 0.29) is 6.42 Å². The van der Waals surface area contributed by atoms with Crippen LogP contribution < -0.4 is 0 Å². The van der Waals surface area contributed by atoms with Crippen LogP contribution in [0.25, 0.3) is 16.2 Å². The fraction of sp³-hybridized carbons (Fsp3) is 0.0769. The van der Waals surface area contributed by atoms with Crippen LogP contribution in [0, 0.1) is 5.82 Å². The number of imidazole rings is 1. The van der Waals surface area contributed by atoms with Gasteiger partial charge in [-0.25, -0.2) is 9.37 Å². The van der Waals surface area contributed by atoms with Gasteiger partial charge in [-0.3, -0.25) is 9.20 Å². The van der Waals surface area contributed by atoms with Crippen LogP contribution in [0.2, 0.25) is 0 Å². The Morgan fingerprint density at radius 2 is 2.26 bits per heavy atom. The minimum Gasteiger partial charge on any atom is -0.481 e. The highest BCUT2D eigenvalue weighted by Gasteiger charge is 2.17. The van der Waals surface area contributed by atoms with Gasteiger partial charge in [-0.05, 0) is 23.6 Å². The second-order valence-corrected chi connectivity index (χ2v) is 4.98. The lowest BCUT2D eigenvalue weighted by atomic mass is 10.2. The summed E-state index contributed by atoms with van der Waals surface area (Å²) in [6.07, 6.45) is 1.07. The molecule has 3 aromatic rings. The Hall–Kier alpha value is -2.21. The highest BCUT2D eigenvalue weighted by Crippen LogP contribution is 2.28. The topological polar surface area (TPSA) is 54.6 Å². The van der Waals surface area contributed by atoms with E-state index in [9.17, 15) is 9.18 Å². The van der Waals surface area contributed by atoms with Crippen molar-refractivity contribution in [3.05, 3.63) is 47.4 Å². The van der Waals surface area contributed by atoms with Crippen molar-refractivity contribution in [2.24, 2.45) is 0 Å². The molecule has 96 valence electrons. The van der Waals surface area contributed by atoms with Gasteiger partial charge in [0.2, 0.25) is 0 Å². The Balaban J connectivity index is 2.28. The predicted octanol–water partition coefficient (Wildman–Crippen LogP) is 2.83. The number of thiophene rings is 1. The molecule has 0 aliphatic heterocycles. The molecule has 0 atom stereocenters. The van der Waals surface area contributed by atoms with E-state index in [1.165, 1.54) is 34.1 Å². The zero-order chi connectivity index (χ0) is 13.4. The summed E-state index contributed by atoms with van der Waals surface area (Å²) in [4.78, 5) is 16.3. The molecular formula is C13H9FN2O2S. The first-order valence-electron chi connectivity index (χ1n) is 5.57. The molecule has 3 heterocycles. The minimum absolute atomic E-state index is 0.197. The average molecular weight is 276 g/mol. The van der Waals surface area contributed by atoms with Gasteiger partial charge in [0.05, 0.1) is 17.0 Å². The summed E-state index contributed by atoms with van der Waals surface area (Å²) in [5, 5.41) is 10.9. The number of carbonyl (C=O) groups is 1. The summed E-state index contributed by atoms with van der Waals surface area (Å²) in [6.45, 7) is 0. The molecule has 0 bridgehead atoms. The lowest BCUT2D eigenvalue weighted by Crippen LogP contribution is -2.04. The van der Waals surface area contributed by atoms with Crippen molar-refractivity contribution in [1.82, 2.24) is 9.38 Å². The van der Waals surface area contributed by atoms with Crippen LogP contribution in [-0.2, 0) is 11.2 Å². The summed E-state index contributed by atoms with van der Waals surface area (Å²) in [5.74, 6) is -1.39. The largest absolute Gasteiger partial charge is 0.481 e. The molecule has 0 spiro atoms. The summed E-state index contributed by atoms with van der Waals surface area (Å²) < 4.78 is 14.8. The SMILES string of the molecule is O=C(O)Cc1c(-c2cccs2)nc2ccc(F)cn12.